The lowest BCUT2D eigenvalue weighted by Crippen LogP contribution is -2.43. The molecule has 0 N–H and O–H groups in total. The van der Waals surface area contributed by atoms with Gasteiger partial charge in [-0.05, 0) is 61.1 Å². The van der Waals surface area contributed by atoms with Crippen LogP contribution in [-0.4, -0.2) is 70.6 Å². The van der Waals surface area contributed by atoms with Crippen LogP contribution < -0.4 is 0 Å². The third-order valence-corrected chi connectivity index (χ3v) is 6.34. The van der Waals surface area contributed by atoms with E-state index in [-0.39, 0.29) is 6.04 Å². The fraction of sp³-hybridized carbons (Fsp3) is 0.533. The van der Waals surface area contributed by atoms with E-state index in [1.165, 1.54) is 11.0 Å². The first kappa shape index (κ1) is 17.0. The molecule has 0 saturated carbocycles. The Hall–Kier alpha value is -1.84. The second-order valence-corrected chi connectivity index (χ2v) is 7.93. The molecule has 1 fully saturated rings. The SMILES string of the molecule is CCC1CN(C)CCCN1S(=O)(=O)c1ccc(-n2cnnn2)cc1. The summed E-state index contributed by atoms with van der Waals surface area (Å²) >= 11 is 0. The van der Waals surface area contributed by atoms with E-state index >= 15 is 0 Å². The molecule has 2 aromatic rings. The van der Waals surface area contributed by atoms with E-state index < -0.39 is 10.0 Å². The van der Waals surface area contributed by atoms with Crippen LogP contribution in [0.1, 0.15) is 19.8 Å². The van der Waals surface area contributed by atoms with Crippen LogP contribution in [0.2, 0.25) is 0 Å². The van der Waals surface area contributed by atoms with E-state index in [0.29, 0.717) is 11.4 Å². The highest BCUT2D eigenvalue weighted by Crippen LogP contribution is 2.23. The molecule has 0 aliphatic carbocycles. The van der Waals surface area contributed by atoms with Gasteiger partial charge in [-0.2, -0.15) is 4.31 Å². The van der Waals surface area contributed by atoms with Crippen LogP contribution in [0.5, 0.6) is 0 Å². The topological polar surface area (TPSA) is 84.2 Å². The van der Waals surface area contributed by atoms with Crippen molar-refractivity contribution >= 4 is 10.0 Å². The van der Waals surface area contributed by atoms with Gasteiger partial charge in [-0.25, -0.2) is 13.1 Å². The van der Waals surface area contributed by atoms with Crippen LogP contribution in [0.15, 0.2) is 35.5 Å². The van der Waals surface area contributed by atoms with Gasteiger partial charge in [0, 0.05) is 19.1 Å². The Balaban J connectivity index is 1.88. The average molecular weight is 350 g/mol. The predicted molar refractivity (Wildman–Crippen MR) is 89.2 cm³/mol. The summed E-state index contributed by atoms with van der Waals surface area (Å²) in [4.78, 5) is 2.51. The van der Waals surface area contributed by atoms with Gasteiger partial charge < -0.3 is 4.90 Å². The molecule has 1 aromatic carbocycles. The maximum Gasteiger partial charge on any atom is 0.243 e. The summed E-state index contributed by atoms with van der Waals surface area (Å²) < 4.78 is 29.3. The maximum absolute atomic E-state index is 13.1. The summed E-state index contributed by atoms with van der Waals surface area (Å²) in [6.07, 6.45) is 3.11. The first-order valence-corrected chi connectivity index (χ1v) is 9.50. The van der Waals surface area contributed by atoms with Gasteiger partial charge in [0.1, 0.15) is 6.33 Å². The average Bonchev–Trinajstić information content (AvgIpc) is 3.04. The third kappa shape index (κ3) is 3.33. The zero-order valence-corrected chi connectivity index (χ0v) is 14.7. The van der Waals surface area contributed by atoms with Crippen molar-refractivity contribution in [2.75, 3.05) is 26.7 Å². The smallest absolute Gasteiger partial charge is 0.243 e. The van der Waals surface area contributed by atoms with Crippen LogP contribution in [0.25, 0.3) is 5.69 Å². The summed E-state index contributed by atoms with van der Waals surface area (Å²) in [7, 11) is -1.47. The van der Waals surface area contributed by atoms with Crippen molar-refractivity contribution in [3.05, 3.63) is 30.6 Å². The minimum atomic E-state index is -3.51. The highest BCUT2D eigenvalue weighted by Gasteiger charge is 2.32. The van der Waals surface area contributed by atoms with Gasteiger partial charge in [-0.3, -0.25) is 0 Å². The molecule has 0 radical (unpaired) electrons. The molecule has 8 nitrogen and oxygen atoms in total. The molecule has 3 rings (SSSR count). The van der Waals surface area contributed by atoms with E-state index in [2.05, 4.69) is 20.4 Å². The molecule has 2 heterocycles. The largest absolute Gasteiger partial charge is 0.305 e. The number of likely N-dealkylation sites (N-methyl/N-ethyl adjacent to an activating group) is 1. The van der Waals surface area contributed by atoms with Gasteiger partial charge in [-0.1, -0.05) is 6.92 Å². The lowest BCUT2D eigenvalue weighted by Gasteiger charge is -2.29. The molecule has 1 aromatic heterocycles. The molecule has 0 bridgehead atoms. The number of hydrogen-bond acceptors (Lipinski definition) is 6. The summed E-state index contributed by atoms with van der Waals surface area (Å²) in [5.41, 5.74) is 0.724. The molecular weight excluding hydrogens is 328 g/mol. The minimum absolute atomic E-state index is 0.00157. The first-order valence-electron chi connectivity index (χ1n) is 8.06. The van der Waals surface area contributed by atoms with Crippen LogP contribution in [0.4, 0.5) is 0 Å². The van der Waals surface area contributed by atoms with Gasteiger partial charge >= 0.3 is 0 Å². The molecule has 9 heteroatoms. The monoisotopic (exact) mass is 350 g/mol. The lowest BCUT2D eigenvalue weighted by molar-refractivity contribution is 0.270. The van der Waals surface area contributed by atoms with Crippen molar-refractivity contribution in [2.24, 2.45) is 0 Å². The molecule has 1 aliphatic rings. The number of benzene rings is 1. The van der Waals surface area contributed by atoms with Crippen molar-refractivity contribution < 1.29 is 8.42 Å². The normalized spacial score (nSPS) is 20.8. The van der Waals surface area contributed by atoms with E-state index in [9.17, 15) is 8.42 Å². The van der Waals surface area contributed by atoms with Gasteiger partial charge in [0.2, 0.25) is 10.0 Å². The second kappa shape index (κ2) is 6.96. The second-order valence-electron chi connectivity index (χ2n) is 6.04. The van der Waals surface area contributed by atoms with Crippen molar-refractivity contribution in [1.29, 1.82) is 0 Å². The zero-order valence-electron chi connectivity index (χ0n) is 13.9. The van der Waals surface area contributed by atoms with Crippen molar-refractivity contribution in [2.45, 2.75) is 30.7 Å². The van der Waals surface area contributed by atoms with Crippen LogP contribution in [0.3, 0.4) is 0 Å². The van der Waals surface area contributed by atoms with E-state index in [1.54, 1.807) is 28.6 Å². The Labute approximate surface area is 142 Å². The number of hydrogen-bond donors (Lipinski definition) is 0. The summed E-state index contributed by atoms with van der Waals surface area (Å²) in [5.74, 6) is 0. The van der Waals surface area contributed by atoms with Crippen molar-refractivity contribution in [3.63, 3.8) is 0 Å². The first-order chi connectivity index (χ1) is 11.5. The molecule has 130 valence electrons. The Morgan fingerprint density at radius 1 is 1.21 bits per heavy atom. The molecule has 0 amide bonds. The number of sulfonamides is 1. The number of nitrogens with zero attached hydrogens (tertiary/aromatic N) is 6. The fourth-order valence-electron chi connectivity index (χ4n) is 3.06. The number of tetrazole rings is 1. The maximum atomic E-state index is 13.1. The van der Waals surface area contributed by atoms with Gasteiger partial charge in [0.05, 0.1) is 10.6 Å². The zero-order chi connectivity index (χ0) is 17.2. The van der Waals surface area contributed by atoms with E-state index in [0.717, 1.165) is 31.6 Å². The Morgan fingerprint density at radius 3 is 2.58 bits per heavy atom. The highest BCUT2D eigenvalue weighted by atomic mass is 32.2. The fourth-order valence-corrected chi connectivity index (χ4v) is 4.78. The quantitative estimate of drug-likeness (QED) is 0.810. The van der Waals surface area contributed by atoms with Crippen LogP contribution in [0, 0.1) is 0 Å². The lowest BCUT2D eigenvalue weighted by atomic mass is 10.2. The molecule has 1 aliphatic heterocycles. The molecule has 24 heavy (non-hydrogen) atoms. The summed E-state index contributed by atoms with van der Waals surface area (Å²) in [5, 5.41) is 11.0. The van der Waals surface area contributed by atoms with E-state index in [4.69, 9.17) is 0 Å². The van der Waals surface area contributed by atoms with E-state index in [1.807, 2.05) is 14.0 Å². The Bertz CT molecular complexity index is 760. The van der Waals surface area contributed by atoms with Gasteiger partial charge in [0.25, 0.3) is 0 Å². The summed E-state index contributed by atoms with van der Waals surface area (Å²) in [6.45, 7) is 4.27. The standard InChI is InChI=1S/C15H22N6O2S/c1-3-13-11-19(2)9-4-10-21(13)24(22,23)15-7-5-14(6-8-15)20-12-16-17-18-20/h5-8,12-13H,3-4,9-11H2,1-2H3. The van der Waals surface area contributed by atoms with Crippen LogP contribution in [-0.2, 0) is 10.0 Å². The van der Waals surface area contributed by atoms with Gasteiger partial charge in [0.15, 0.2) is 0 Å². The Kier molecular flexibility index (Phi) is 4.93. The predicted octanol–water partition coefficient (Wildman–Crippen LogP) is 0.767. The molecule has 1 atom stereocenters. The summed E-state index contributed by atoms with van der Waals surface area (Å²) in [6, 6.07) is 6.67. The molecular formula is C15H22N6O2S. The third-order valence-electron chi connectivity index (χ3n) is 4.38. The molecule has 1 unspecified atom stereocenters. The minimum Gasteiger partial charge on any atom is -0.305 e. The Morgan fingerprint density at radius 2 is 1.96 bits per heavy atom. The van der Waals surface area contributed by atoms with Crippen LogP contribution >= 0.6 is 0 Å². The number of aromatic nitrogens is 4. The van der Waals surface area contributed by atoms with Gasteiger partial charge in [-0.15, -0.1) is 5.10 Å². The van der Waals surface area contributed by atoms with Crippen molar-refractivity contribution in [3.8, 4) is 5.69 Å². The molecule has 1 saturated heterocycles. The van der Waals surface area contributed by atoms with Crippen molar-refractivity contribution in [1.82, 2.24) is 29.4 Å². The molecule has 0 spiro atoms. The highest BCUT2D eigenvalue weighted by molar-refractivity contribution is 7.89. The number of rotatable bonds is 4.